The predicted octanol–water partition coefficient (Wildman–Crippen LogP) is 3.16. The second-order valence-electron chi connectivity index (χ2n) is 5.89. The quantitative estimate of drug-likeness (QED) is 0.837. The van der Waals surface area contributed by atoms with Crippen molar-refractivity contribution in [2.24, 2.45) is 0 Å². The zero-order valence-corrected chi connectivity index (χ0v) is 14.5. The van der Waals surface area contributed by atoms with Gasteiger partial charge < -0.3 is 14.6 Å². The summed E-state index contributed by atoms with van der Waals surface area (Å²) in [6.45, 7) is 6.85. The van der Waals surface area contributed by atoms with Gasteiger partial charge in [0.15, 0.2) is 11.9 Å². The summed E-state index contributed by atoms with van der Waals surface area (Å²) in [5.74, 6) is -0.766. The van der Waals surface area contributed by atoms with Crippen LogP contribution in [0.5, 0.6) is 0 Å². The SMILES string of the molecule is Cc1noc(C(C)C)c1C(=O)O[C@@H](C)C(=O)Nc1cccc(C#N)c1. The molecule has 0 radical (unpaired) electrons. The van der Waals surface area contributed by atoms with Gasteiger partial charge in [-0.1, -0.05) is 25.1 Å². The van der Waals surface area contributed by atoms with Gasteiger partial charge in [-0.05, 0) is 32.0 Å². The normalized spacial score (nSPS) is 11.7. The summed E-state index contributed by atoms with van der Waals surface area (Å²) in [5.41, 5.74) is 1.55. The van der Waals surface area contributed by atoms with E-state index < -0.39 is 18.0 Å². The van der Waals surface area contributed by atoms with E-state index in [9.17, 15) is 9.59 Å². The summed E-state index contributed by atoms with van der Waals surface area (Å²) >= 11 is 0. The summed E-state index contributed by atoms with van der Waals surface area (Å²) in [6, 6.07) is 8.45. The van der Waals surface area contributed by atoms with Crippen molar-refractivity contribution in [3.63, 3.8) is 0 Å². The van der Waals surface area contributed by atoms with E-state index in [2.05, 4.69) is 10.5 Å². The molecule has 1 atom stereocenters. The van der Waals surface area contributed by atoms with Crippen molar-refractivity contribution in [2.45, 2.75) is 39.7 Å². The molecule has 0 aliphatic heterocycles. The Morgan fingerprint density at radius 2 is 2.04 bits per heavy atom. The highest BCUT2D eigenvalue weighted by Crippen LogP contribution is 2.23. The Morgan fingerprint density at radius 1 is 1.32 bits per heavy atom. The highest BCUT2D eigenvalue weighted by Gasteiger charge is 2.27. The number of rotatable bonds is 5. The van der Waals surface area contributed by atoms with E-state index in [0.717, 1.165) is 0 Å². The predicted molar refractivity (Wildman–Crippen MR) is 90.0 cm³/mol. The van der Waals surface area contributed by atoms with Gasteiger partial charge in [-0.3, -0.25) is 4.79 Å². The second kappa shape index (κ2) is 7.62. The summed E-state index contributed by atoms with van der Waals surface area (Å²) < 4.78 is 10.4. The molecule has 0 spiro atoms. The van der Waals surface area contributed by atoms with Crippen LogP contribution >= 0.6 is 0 Å². The number of hydrogen-bond donors (Lipinski definition) is 1. The first-order valence-corrected chi connectivity index (χ1v) is 7.81. The highest BCUT2D eigenvalue weighted by molar-refractivity contribution is 5.98. The molecule has 0 aliphatic carbocycles. The molecule has 1 N–H and O–H groups in total. The lowest BCUT2D eigenvalue weighted by Gasteiger charge is -2.14. The van der Waals surface area contributed by atoms with Gasteiger partial charge in [0.25, 0.3) is 5.91 Å². The largest absolute Gasteiger partial charge is 0.449 e. The average Bonchev–Trinajstić information content (AvgIpc) is 2.96. The van der Waals surface area contributed by atoms with Crippen LogP contribution in [0.15, 0.2) is 28.8 Å². The molecule has 2 aromatic rings. The molecule has 0 aliphatic rings. The van der Waals surface area contributed by atoms with E-state index in [1.54, 1.807) is 25.1 Å². The van der Waals surface area contributed by atoms with E-state index in [4.69, 9.17) is 14.5 Å². The molecule has 1 aromatic carbocycles. The fourth-order valence-corrected chi connectivity index (χ4v) is 2.21. The Hall–Kier alpha value is -3.14. The monoisotopic (exact) mass is 341 g/mol. The van der Waals surface area contributed by atoms with Crippen LogP contribution < -0.4 is 5.32 Å². The molecular formula is C18H19N3O4. The lowest BCUT2D eigenvalue weighted by molar-refractivity contribution is -0.123. The number of amides is 1. The smallest absolute Gasteiger partial charge is 0.344 e. The molecule has 0 saturated carbocycles. The number of nitriles is 1. The molecule has 0 fully saturated rings. The minimum absolute atomic E-state index is 0.0402. The molecule has 25 heavy (non-hydrogen) atoms. The number of carbonyl (C=O) groups excluding carboxylic acids is 2. The summed E-state index contributed by atoms with van der Waals surface area (Å²) in [4.78, 5) is 24.6. The third-order valence-corrected chi connectivity index (χ3v) is 3.53. The molecule has 130 valence electrons. The van der Waals surface area contributed by atoms with Crippen molar-refractivity contribution < 1.29 is 18.8 Å². The van der Waals surface area contributed by atoms with Crippen molar-refractivity contribution >= 4 is 17.6 Å². The molecule has 7 heteroatoms. The zero-order valence-electron chi connectivity index (χ0n) is 14.5. The van der Waals surface area contributed by atoms with Crippen LogP contribution in [0.1, 0.15) is 54.1 Å². The fourth-order valence-electron chi connectivity index (χ4n) is 2.21. The van der Waals surface area contributed by atoms with Crippen molar-refractivity contribution in [2.75, 3.05) is 5.32 Å². The van der Waals surface area contributed by atoms with Gasteiger partial charge >= 0.3 is 5.97 Å². The lowest BCUT2D eigenvalue weighted by Crippen LogP contribution is -2.30. The van der Waals surface area contributed by atoms with Crippen LogP contribution in [0, 0.1) is 18.3 Å². The number of nitrogens with one attached hydrogen (secondary N) is 1. The first-order chi connectivity index (χ1) is 11.8. The Morgan fingerprint density at radius 3 is 2.68 bits per heavy atom. The van der Waals surface area contributed by atoms with Crippen LogP contribution in [-0.2, 0) is 9.53 Å². The Labute approximate surface area is 145 Å². The molecule has 1 aromatic heterocycles. The van der Waals surface area contributed by atoms with Crippen molar-refractivity contribution in [3.05, 3.63) is 46.8 Å². The second-order valence-corrected chi connectivity index (χ2v) is 5.89. The van der Waals surface area contributed by atoms with Gasteiger partial charge in [-0.2, -0.15) is 5.26 Å². The molecule has 7 nitrogen and oxygen atoms in total. The number of esters is 1. The van der Waals surface area contributed by atoms with Crippen LogP contribution in [-0.4, -0.2) is 23.1 Å². The number of hydrogen-bond acceptors (Lipinski definition) is 6. The number of aryl methyl sites for hydroxylation is 1. The zero-order chi connectivity index (χ0) is 18.6. The van der Waals surface area contributed by atoms with E-state index in [0.29, 0.717) is 22.7 Å². The maximum atomic E-state index is 12.4. The Balaban J connectivity index is 2.07. The number of carbonyl (C=O) groups is 2. The first kappa shape index (κ1) is 18.2. The molecule has 0 bridgehead atoms. The molecule has 1 heterocycles. The molecule has 0 unspecified atom stereocenters. The maximum Gasteiger partial charge on any atom is 0.344 e. The van der Waals surface area contributed by atoms with Gasteiger partial charge in [0.1, 0.15) is 5.56 Å². The van der Waals surface area contributed by atoms with E-state index in [1.165, 1.54) is 13.0 Å². The number of benzene rings is 1. The van der Waals surface area contributed by atoms with Crippen LogP contribution in [0.3, 0.4) is 0 Å². The molecule has 1 amide bonds. The van der Waals surface area contributed by atoms with Gasteiger partial charge in [-0.25, -0.2) is 4.79 Å². The summed E-state index contributed by atoms with van der Waals surface area (Å²) in [7, 11) is 0. The van der Waals surface area contributed by atoms with E-state index in [-0.39, 0.29) is 11.5 Å². The number of ether oxygens (including phenoxy) is 1. The van der Waals surface area contributed by atoms with Crippen molar-refractivity contribution in [3.8, 4) is 6.07 Å². The van der Waals surface area contributed by atoms with Gasteiger partial charge in [-0.15, -0.1) is 0 Å². The number of aromatic nitrogens is 1. The van der Waals surface area contributed by atoms with Crippen molar-refractivity contribution in [1.29, 1.82) is 5.26 Å². The van der Waals surface area contributed by atoms with E-state index >= 15 is 0 Å². The minimum atomic E-state index is -1.02. The summed E-state index contributed by atoms with van der Waals surface area (Å²) in [6.07, 6.45) is -1.02. The average molecular weight is 341 g/mol. The lowest BCUT2D eigenvalue weighted by atomic mass is 10.1. The minimum Gasteiger partial charge on any atom is -0.449 e. The third-order valence-electron chi connectivity index (χ3n) is 3.53. The third kappa shape index (κ3) is 4.23. The van der Waals surface area contributed by atoms with Gasteiger partial charge in [0, 0.05) is 11.6 Å². The van der Waals surface area contributed by atoms with Crippen LogP contribution in [0.2, 0.25) is 0 Å². The molecular weight excluding hydrogens is 322 g/mol. The number of nitrogens with zero attached hydrogens (tertiary/aromatic N) is 2. The highest BCUT2D eigenvalue weighted by atomic mass is 16.5. The van der Waals surface area contributed by atoms with Gasteiger partial charge in [0.05, 0.1) is 17.3 Å². The Bertz CT molecular complexity index is 833. The number of anilines is 1. The molecule has 2 rings (SSSR count). The van der Waals surface area contributed by atoms with Gasteiger partial charge in [0.2, 0.25) is 0 Å². The fraction of sp³-hybridized carbons (Fsp3) is 0.333. The summed E-state index contributed by atoms with van der Waals surface area (Å²) in [5, 5.41) is 15.3. The van der Waals surface area contributed by atoms with Crippen molar-refractivity contribution in [1.82, 2.24) is 5.16 Å². The molecule has 0 saturated heterocycles. The first-order valence-electron chi connectivity index (χ1n) is 7.81. The maximum absolute atomic E-state index is 12.4. The Kier molecular flexibility index (Phi) is 5.55. The van der Waals surface area contributed by atoms with Crippen LogP contribution in [0.4, 0.5) is 5.69 Å². The standard InChI is InChI=1S/C18H19N3O4/c1-10(2)16-15(11(3)21-25-16)18(23)24-12(4)17(22)20-14-7-5-6-13(8-14)9-19/h5-8,10,12H,1-4H3,(H,20,22)/t12-/m0/s1. The van der Waals surface area contributed by atoms with E-state index in [1.807, 2.05) is 19.9 Å². The van der Waals surface area contributed by atoms with Crippen LogP contribution in [0.25, 0.3) is 0 Å². The topological polar surface area (TPSA) is 105 Å².